The van der Waals surface area contributed by atoms with Crippen LogP contribution in [-0.4, -0.2) is 57.6 Å². The van der Waals surface area contributed by atoms with Gasteiger partial charge in [0.1, 0.15) is 0 Å². The first-order valence-corrected chi connectivity index (χ1v) is 7.30. The molecule has 0 aliphatic carbocycles. The van der Waals surface area contributed by atoms with Crippen LogP contribution in [0, 0.1) is 0 Å². The van der Waals surface area contributed by atoms with E-state index in [0.29, 0.717) is 33.0 Å². The summed E-state index contributed by atoms with van der Waals surface area (Å²) in [5.41, 5.74) is 0. The summed E-state index contributed by atoms with van der Waals surface area (Å²) in [7, 11) is 0. The Morgan fingerprint density at radius 2 is 1.42 bits per heavy atom. The van der Waals surface area contributed by atoms with Crippen molar-refractivity contribution in [3.05, 3.63) is 0 Å². The maximum Gasteiger partial charge on any atom is 0.154 e. The van der Waals surface area contributed by atoms with E-state index in [1.165, 1.54) is 19.3 Å². The van der Waals surface area contributed by atoms with Crippen LogP contribution < -0.4 is 0 Å². The van der Waals surface area contributed by atoms with Crippen LogP contribution in [0.1, 0.15) is 39.5 Å². The van der Waals surface area contributed by atoms with Crippen molar-refractivity contribution in [1.82, 2.24) is 0 Å². The van der Waals surface area contributed by atoms with Crippen LogP contribution in [-0.2, 0) is 18.9 Å². The molecule has 5 heteroatoms. The van der Waals surface area contributed by atoms with Crippen LogP contribution >= 0.6 is 0 Å². The van der Waals surface area contributed by atoms with Gasteiger partial charge in [0.2, 0.25) is 0 Å². The van der Waals surface area contributed by atoms with E-state index in [4.69, 9.17) is 24.1 Å². The number of unbranched alkanes of at least 4 members (excludes halogenated alkanes) is 3. The number of aliphatic hydroxyl groups excluding tert-OH is 1. The third-order valence-corrected chi connectivity index (χ3v) is 2.54. The van der Waals surface area contributed by atoms with Gasteiger partial charge in [0.15, 0.2) is 6.29 Å². The molecule has 1 N–H and O–H groups in total. The van der Waals surface area contributed by atoms with Gasteiger partial charge in [-0.2, -0.15) is 0 Å². The van der Waals surface area contributed by atoms with E-state index < -0.39 is 0 Å². The van der Waals surface area contributed by atoms with Crippen molar-refractivity contribution in [3.8, 4) is 0 Å². The monoisotopic (exact) mass is 278 g/mol. The molecule has 0 aromatic rings. The Bertz CT molecular complexity index is 166. The summed E-state index contributed by atoms with van der Waals surface area (Å²) in [6, 6.07) is 0. The molecule has 0 rings (SSSR count). The number of hydrogen-bond donors (Lipinski definition) is 1. The number of rotatable bonds is 15. The number of aliphatic hydroxyl groups is 1. The Morgan fingerprint density at radius 1 is 0.789 bits per heavy atom. The predicted molar refractivity (Wildman–Crippen MR) is 74.2 cm³/mol. The molecule has 0 bridgehead atoms. The molecule has 0 fully saturated rings. The Hall–Kier alpha value is -0.200. The van der Waals surface area contributed by atoms with Crippen LogP contribution in [0.4, 0.5) is 0 Å². The van der Waals surface area contributed by atoms with E-state index in [0.717, 1.165) is 13.0 Å². The molecule has 19 heavy (non-hydrogen) atoms. The molecule has 116 valence electrons. The normalized spacial score (nSPS) is 12.8. The summed E-state index contributed by atoms with van der Waals surface area (Å²) >= 11 is 0. The van der Waals surface area contributed by atoms with Gasteiger partial charge in [0.25, 0.3) is 0 Å². The SMILES string of the molecule is CCCCCCOC(C)OCCOCCOCCO. The van der Waals surface area contributed by atoms with Gasteiger partial charge >= 0.3 is 0 Å². The van der Waals surface area contributed by atoms with Crippen molar-refractivity contribution in [2.45, 2.75) is 45.8 Å². The fourth-order valence-corrected chi connectivity index (χ4v) is 1.49. The lowest BCUT2D eigenvalue weighted by Gasteiger charge is -2.14. The first-order valence-electron chi connectivity index (χ1n) is 7.30. The molecule has 5 nitrogen and oxygen atoms in total. The van der Waals surface area contributed by atoms with Gasteiger partial charge in [-0.1, -0.05) is 26.2 Å². The van der Waals surface area contributed by atoms with E-state index in [1.54, 1.807) is 0 Å². The van der Waals surface area contributed by atoms with E-state index in [9.17, 15) is 0 Å². The highest BCUT2D eigenvalue weighted by molar-refractivity contribution is 4.41. The minimum atomic E-state index is -0.170. The molecule has 1 unspecified atom stereocenters. The molecule has 0 amide bonds. The van der Waals surface area contributed by atoms with E-state index >= 15 is 0 Å². The molecule has 1 atom stereocenters. The van der Waals surface area contributed by atoms with E-state index in [-0.39, 0.29) is 12.9 Å². The largest absolute Gasteiger partial charge is 0.394 e. The Balaban J connectivity index is 3.09. The van der Waals surface area contributed by atoms with Crippen molar-refractivity contribution in [3.63, 3.8) is 0 Å². The van der Waals surface area contributed by atoms with Gasteiger partial charge in [-0.3, -0.25) is 0 Å². The minimum absolute atomic E-state index is 0.0518. The Kier molecular flexibility index (Phi) is 15.7. The topological polar surface area (TPSA) is 57.2 Å². The van der Waals surface area contributed by atoms with Crippen LogP contribution in [0.3, 0.4) is 0 Å². The summed E-state index contributed by atoms with van der Waals surface area (Å²) in [4.78, 5) is 0. The van der Waals surface area contributed by atoms with Gasteiger partial charge in [0.05, 0.1) is 39.6 Å². The number of hydrogen-bond acceptors (Lipinski definition) is 5. The average Bonchev–Trinajstić information content (AvgIpc) is 2.41. The number of ether oxygens (including phenoxy) is 4. The molecular weight excluding hydrogens is 248 g/mol. The lowest BCUT2D eigenvalue weighted by molar-refractivity contribution is -0.140. The maximum absolute atomic E-state index is 8.49. The zero-order valence-electron chi connectivity index (χ0n) is 12.4. The fraction of sp³-hybridized carbons (Fsp3) is 1.00. The van der Waals surface area contributed by atoms with Crippen LogP contribution in [0.15, 0.2) is 0 Å². The smallest absolute Gasteiger partial charge is 0.154 e. The lowest BCUT2D eigenvalue weighted by Crippen LogP contribution is -2.18. The van der Waals surface area contributed by atoms with Gasteiger partial charge in [0, 0.05) is 6.61 Å². The zero-order valence-corrected chi connectivity index (χ0v) is 12.4. The highest BCUT2D eigenvalue weighted by Gasteiger charge is 2.01. The molecule has 0 heterocycles. The third-order valence-electron chi connectivity index (χ3n) is 2.54. The Morgan fingerprint density at radius 3 is 2.11 bits per heavy atom. The maximum atomic E-state index is 8.49. The van der Waals surface area contributed by atoms with Crippen molar-refractivity contribution in [2.24, 2.45) is 0 Å². The molecule has 0 aromatic heterocycles. The highest BCUT2D eigenvalue weighted by atomic mass is 16.7. The molecule has 0 aliphatic rings. The second-order valence-electron chi connectivity index (χ2n) is 4.32. The van der Waals surface area contributed by atoms with Crippen molar-refractivity contribution >= 4 is 0 Å². The fourth-order valence-electron chi connectivity index (χ4n) is 1.49. The summed E-state index contributed by atoms with van der Waals surface area (Å²) < 4.78 is 21.3. The Labute approximate surface area is 117 Å². The predicted octanol–water partition coefficient (Wildman–Crippen LogP) is 1.97. The molecule has 0 saturated carbocycles. The average molecular weight is 278 g/mol. The van der Waals surface area contributed by atoms with Crippen molar-refractivity contribution < 1.29 is 24.1 Å². The van der Waals surface area contributed by atoms with E-state index in [1.807, 2.05) is 6.92 Å². The van der Waals surface area contributed by atoms with E-state index in [2.05, 4.69) is 6.92 Å². The summed E-state index contributed by atoms with van der Waals surface area (Å²) in [6.45, 7) is 7.36. The molecule has 0 saturated heterocycles. The molecule has 0 aliphatic heterocycles. The van der Waals surface area contributed by atoms with Gasteiger partial charge < -0.3 is 24.1 Å². The summed E-state index contributed by atoms with van der Waals surface area (Å²) in [5, 5.41) is 8.49. The first kappa shape index (κ1) is 18.8. The highest BCUT2D eigenvalue weighted by Crippen LogP contribution is 2.01. The second kappa shape index (κ2) is 15.9. The van der Waals surface area contributed by atoms with Crippen molar-refractivity contribution in [2.75, 3.05) is 46.2 Å². The van der Waals surface area contributed by atoms with Gasteiger partial charge in [-0.15, -0.1) is 0 Å². The van der Waals surface area contributed by atoms with Crippen LogP contribution in [0.2, 0.25) is 0 Å². The first-order chi connectivity index (χ1) is 9.31. The molecule has 0 aromatic carbocycles. The lowest BCUT2D eigenvalue weighted by atomic mass is 10.2. The molecule has 0 radical (unpaired) electrons. The zero-order chi connectivity index (χ0) is 14.2. The summed E-state index contributed by atoms with van der Waals surface area (Å²) in [6.07, 6.45) is 4.66. The third kappa shape index (κ3) is 15.7. The van der Waals surface area contributed by atoms with Gasteiger partial charge in [-0.25, -0.2) is 0 Å². The second-order valence-corrected chi connectivity index (χ2v) is 4.32. The van der Waals surface area contributed by atoms with Crippen LogP contribution in [0.5, 0.6) is 0 Å². The van der Waals surface area contributed by atoms with Crippen LogP contribution in [0.25, 0.3) is 0 Å². The minimum Gasteiger partial charge on any atom is -0.394 e. The van der Waals surface area contributed by atoms with Crippen molar-refractivity contribution in [1.29, 1.82) is 0 Å². The summed E-state index contributed by atoms with van der Waals surface area (Å²) in [5.74, 6) is 0. The molecular formula is C14H30O5. The standard InChI is InChI=1S/C14H30O5/c1-3-4-5-6-8-18-14(2)19-13-12-17-11-10-16-9-7-15/h14-15H,3-13H2,1-2H3. The quantitative estimate of drug-likeness (QED) is 0.366. The van der Waals surface area contributed by atoms with Gasteiger partial charge in [-0.05, 0) is 13.3 Å². The molecule has 0 spiro atoms.